The van der Waals surface area contributed by atoms with Gasteiger partial charge in [-0.2, -0.15) is 0 Å². The van der Waals surface area contributed by atoms with Crippen LogP contribution in [0.25, 0.3) is 0 Å². The molecule has 0 amide bonds. The quantitative estimate of drug-likeness (QED) is 0.775. The molecule has 2 heteroatoms. The predicted octanol–water partition coefficient (Wildman–Crippen LogP) is 2.38. The van der Waals surface area contributed by atoms with Gasteiger partial charge in [-0.1, -0.05) is 20.3 Å². The number of rotatable bonds is 3. The van der Waals surface area contributed by atoms with Gasteiger partial charge in [-0.05, 0) is 50.6 Å². The maximum Gasteiger partial charge on any atom is 0.0331 e. The highest BCUT2D eigenvalue weighted by Crippen LogP contribution is 2.42. The van der Waals surface area contributed by atoms with Crippen molar-refractivity contribution in [3.8, 4) is 0 Å². The van der Waals surface area contributed by atoms with Crippen molar-refractivity contribution < 1.29 is 0 Å². The lowest BCUT2D eigenvalue weighted by Crippen LogP contribution is -2.61. The molecular formula is C13H26N2. The van der Waals surface area contributed by atoms with Crippen LogP contribution in [0.3, 0.4) is 0 Å². The van der Waals surface area contributed by atoms with Gasteiger partial charge in [0.05, 0.1) is 0 Å². The minimum atomic E-state index is 0.412. The van der Waals surface area contributed by atoms with E-state index >= 15 is 0 Å². The molecule has 0 aromatic heterocycles. The summed E-state index contributed by atoms with van der Waals surface area (Å²) in [6.07, 6.45) is 8.13. The molecule has 1 saturated carbocycles. The van der Waals surface area contributed by atoms with Crippen molar-refractivity contribution in [1.82, 2.24) is 4.90 Å². The van der Waals surface area contributed by atoms with Gasteiger partial charge in [0.15, 0.2) is 0 Å². The Hall–Kier alpha value is -0.0800. The number of nitrogens with zero attached hydrogens (tertiary/aromatic N) is 1. The Morgan fingerprint density at radius 2 is 1.73 bits per heavy atom. The molecule has 0 aromatic carbocycles. The third-order valence-electron chi connectivity index (χ3n) is 5.16. The first-order chi connectivity index (χ1) is 7.14. The number of piperidine rings is 1. The van der Waals surface area contributed by atoms with Gasteiger partial charge in [-0.3, -0.25) is 4.90 Å². The molecule has 0 bridgehead atoms. The standard InChI is InChI=1S/C13H26N2/c1-3-12(2)7-9-15(10-8-12)13(11-14)5-4-6-13/h3-11,14H2,1-2H3. The van der Waals surface area contributed by atoms with E-state index in [0.29, 0.717) is 11.0 Å². The molecule has 2 nitrogen and oxygen atoms in total. The minimum Gasteiger partial charge on any atom is -0.329 e. The van der Waals surface area contributed by atoms with Crippen LogP contribution >= 0.6 is 0 Å². The van der Waals surface area contributed by atoms with Gasteiger partial charge in [0.1, 0.15) is 0 Å². The lowest BCUT2D eigenvalue weighted by atomic mass is 9.71. The monoisotopic (exact) mass is 210 g/mol. The molecule has 0 aromatic rings. The molecule has 1 aliphatic heterocycles. The first-order valence-corrected chi connectivity index (χ1v) is 6.59. The highest BCUT2D eigenvalue weighted by Gasteiger charge is 2.43. The van der Waals surface area contributed by atoms with Gasteiger partial charge < -0.3 is 5.73 Å². The molecule has 1 saturated heterocycles. The predicted molar refractivity (Wildman–Crippen MR) is 64.8 cm³/mol. The van der Waals surface area contributed by atoms with E-state index in [0.717, 1.165) is 6.54 Å². The first-order valence-electron chi connectivity index (χ1n) is 6.59. The Balaban J connectivity index is 1.93. The van der Waals surface area contributed by atoms with Crippen molar-refractivity contribution >= 4 is 0 Å². The van der Waals surface area contributed by atoms with E-state index in [9.17, 15) is 0 Å². The number of hydrogen-bond donors (Lipinski definition) is 1. The normalized spacial score (nSPS) is 29.8. The van der Waals surface area contributed by atoms with Crippen molar-refractivity contribution in [3.05, 3.63) is 0 Å². The summed E-state index contributed by atoms with van der Waals surface area (Å²) < 4.78 is 0. The fraction of sp³-hybridized carbons (Fsp3) is 1.00. The molecular weight excluding hydrogens is 184 g/mol. The number of nitrogens with two attached hydrogens (primary N) is 1. The fourth-order valence-electron chi connectivity index (χ4n) is 3.11. The molecule has 88 valence electrons. The average molecular weight is 210 g/mol. The zero-order chi connectivity index (χ0) is 10.9. The molecule has 2 aliphatic rings. The summed E-state index contributed by atoms with van der Waals surface area (Å²) in [4.78, 5) is 2.69. The van der Waals surface area contributed by atoms with Crippen LogP contribution in [0.5, 0.6) is 0 Å². The highest BCUT2D eigenvalue weighted by atomic mass is 15.2. The van der Waals surface area contributed by atoms with Crippen LogP contribution in [-0.2, 0) is 0 Å². The van der Waals surface area contributed by atoms with Crippen molar-refractivity contribution in [2.75, 3.05) is 19.6 Å². The van der Waals surface area contributed by atoms with Gasteiger partial charge >= 0.3 is 0 Å². The van der Waals surface area contributed by atoms with E-state index in [4.69, 9.17) is 5.73 Å². The van der Waals surface area contributed by atoms with Crippen LogP contribution in [0.1, 0.15) is 52.4 Å². The maximum atomic E-state index is 5.96. The van der Waals surface area contributed by atoms with Gasteiger partial charge in [0.2, 0.25) is 0 Å². The molecule has 0 radical (unpaired) electrons. The van der Waals surface area contributed by atoms with Crippen LogP contribution in [0.4, 0.5) is 0 Å². The van der Waals surface area contributed by atoms with Crippen molar-refractivity contribution in [3.63, 3.8) is 0 Å². The lowest BCUT2D eigenvalue weighted by molar-refractivity contribution is -0.0206. The molecule has 15 heavy (non-hydrogen) atoms. The third-order valence-corrected chi connectivity index (χ3v) is 5.16. The van der Waals surface area contributed by atoms with Gasteiger partial charge in [0.25, 0.3) is 0 Å². The largest absolute Gasteiger partial charge is 0.329 e. The summed E-state index contributed by atoms with van der Waals surface area (Å²) >= 11 is 0. The second-order valence-electron chi connectivity index (χ2n) is 5.93. The van der Waals surface area contributed by atoms with Gasteiger partial charge in [0, 0.05) is 12.1 Å². The maximum absolute atomic E-state index is 5.96. The molecule has 0 spiro atoms. The SMILES string of the molecule is CCC1(C)CCN(C2(CN)CCC2)CC1. The summed E-state index contributed by atoms with van der Waals surface area (Å²) in [6, 6.07) is 0. The van der Waals surface area contributed by atoms with Crippen LogP contribution in [0.2, 0.25) is 0 Å². The smallest absolute Gasteiger partial charge is 0.0331 e. The molecule has 2 fully saturated rings. The second kappa shape index (κ2) is 4.06. The summed E-state index contributed by atoms with van der Waals surface area (Å²) in [5.74, 6) is 0. The summed E-state index contributed by atoms with van der Waals surface area (Å²) in [6.45, 7) is 8.21. The van der Waals surface area contributed by atoms with Crippen molar-refractivity contribution in [2.45, 2.75) is 57.9 Å². The van der Waals surface area contributed by atoms with Gasteiger partial charge in [-0.25, -0.2) is 0 Å². The average Bonchev–Trinajstić information content (AvgIpc) is 2.20. The van der Waals surface area contributed by atoms with Crippen LogP contribution in [-0.4, -0.2) is 30.1 Å². The molecule has 1 heterocycles. The van der Waals surface area contributed by atoms with E-state index in [1.54, 1.807) is 0 Å². The van der Waals surface area contributed by atoms with E-state index in [1.807, 2.05) is 0 Å². The Bertz CT molecular complexity index is 207. The topological polar surface area (TPSA) is 29.3 Å². The summed E-state index contributed by atoms with van der Waals surface area (Å²) in [5.41, 5.74) is 6.98. The third kappa shape index (κ3) is 1.94. The second-order valence-corrected chi connectivity index (χ2v) is 5.93. The molecule has 1 aliphatic carbocycles. The van der Waals surface area contributed by atoms with Gasteiger partial charge in [-0.15, -0.1) is 0 Å². The Kier molecular flexibility index (Phi) is 3.09. The Labute approximate surface area is 94.2 Å². The summed E-state index contributed by atoms with van der Waals surface area (Å²) in [7, 11) is 0. The zero-order valence-electron chi connectivity index (χ0n) is 10.4. The van der Waals surface area contributed by atoms with E-state index in [-0.39, 0.29) is 0 Å². The van der Waals surface area contributed by atoms with Crippen LogP contribution in [0.15, 0.2) is 0 Å². The molecule has 2 N–H and O–H groups in total. The summed E-state index contributed by atoms with van der Waals surface area (Å²) in [5, 5.41) is 0. The highest BCUT2D eigenvalue weighted by molar-refractivity contribution is 5.01. The Morgan fingerprint density at radius 3 is 2.07 bits per heavy atom. The van der Waals surface area contributed by atoms with Crippen molar-refractivity contribution in [2.24, 2.45) is 11.1 Å². The number of hydrogen-bond acceptors (Lipinski definition) is 2. The van der Waals surface area contributed by atoms with E-state index in [1.165, 1.54) is 51.6 Å². The number of likely N-dealkylation sites (tertiary alicyclic amines) is 1. The molecule has 0 unspecified atom stereocenters. The minimum absolute atomic E-state index is 0.412. The van der Waals surface area contributed by atoms with Crippen molar-refractivity contribution in [1.29, 1.82) is 0 Å². The molecule has 0 atom stereocenters. The van der Waals surface area contributed by atoms with E-state index < -0.39 is 0 Å². The van der Waals surface area contributed by atoms with E-state index in [2.05, 4.69) is 18.7 Å². The van der Waals surface area contributed by atoms with Crippen LogP contribution in [0, 0.1) is 5.41 Å². The van der Waals surface area contributed by atoms with Crippen LogP contribution < -0.4 is 5.73 Å². The first kappa shape index (κ1) is 11.4. The Morgan fingerprint density at radius 1 is 1.13 bits per heavy atom. The zero-order valence-corrected chi connectivity index (χ0v) is 10.4. The molecule has 2 rings (SSSR count). The lowest BCUT2D eigenvalue weighted by Gasteiger charge is -2.53. The fourth-order valence-corrected chi connectivity index (χ4v) is 3.11.